The summed E-state index contributed by atoms with van der Waals surface area (Å²) in [5.74, 6) is -0.917. The maximum Gasteiger partial charge on any atom is 0.354 e. The van der Waals surface area contributed by atoms with Crippen molar-refractivity contribution in [1.29, 1.82) is 0 Å². The Hall–Kier alpha value is -2.06. The Kier molecular flexibility index (Phi) is 5.52. The van der Waals surface area contributed by atoms with Gasteiger partial charge in [0.05, 0.1) is 12.5 Å². The number of nitrogens with zero attached hydrogens (tertiary/aromatic N) is 3. The van der Waals surface area contributed by atoms with Gasteiger partial charge in [-0.25, -0.2) is 14.2 Å². The van der Waals surface area contributed by atoms with Crippen LogP contribution in [0.25, 0.3) is 0 Å². The Morgan fingerprint density at radius 3 is 2.58 bits per heavy atom. The standard InChI is InChI=1S/C17H18ClN3O4S/c1-2-26-16-19-15(24)20(9-11-7-13(11)14(22)23)17(25)21(16)8-10-3-5-12(18)6-4-10/h3-6,11,13H,2,7-9H2,1H3,(H,22,23)/t11-,13+/m0/s1. The first-order chi connectivity index (χ1) is 12.4. The lowest BCUT2D eigenvalue weighted by atomic mass is 10.2. The molecule has 7 nitrogen and oxygen atoms in total. The molecule has 1 aliphatic carbocycles. The summed E-state index contributed by atoms with van der Waals surface area (Å²) < 4.78 is 2.50. The van der Waals surface area contributed by atoms with Crippen molar-refractivity contribution in [3.63, 3.8) is 0 Å². The number of benzene rings is 1. The lowest BCUT2D eigenvalue weighted by molar-refractivity contribution is -0.138. The van der Waals surface area contributed by atoms with Gasteiger partial charge in [0.15, 0.2) is 5.16 Å². The summed E-state index contributed by atoms with van der Waals surface area (Å²) in [7, 11) is 0. The first-order valence-electron chi connectivity index (χ1n) is 8.22. The molecule has 138 valence electrons. The molecule has 26 heavy (non-hydrogen) atoms. The van der Waals surface area contributed by atoms with Crippen LogP contribution >= 0.6 is 23.4 Å². The summed E-state index contributed by atoms with van der Waals surface area (Å²) in [6, 6.07) is 7.09. The first kappa shape index (κ1) is 18.7. The van der Waals surface area contributed by atoms with E-state index in [0.29, 0.717) is 22.4 Å². The highest BCUT2D eigenvalue weighted by Gasteiger charge is 2.43. The third-order valence-electron chi connectivity index (χ3n) is 4.30. The van der Waals surface area contributed by atoms with Gasteiger partial charge in [-0.1, -0.05) is 42.4 Å². The fraction of sp³-hybridized carbons (Fsp3) is 0.412. The number of thioether (sulfide) groups is 1. The minimum absolute atomic E-state index is 0.0827. The molecule has 0 radical (unpaired) electrons. The molecular weight excluding hydrogens is 378 g/mol. The van der Waals surface area contributed by atoms with E-state index in [9.17, 15) is 14.4 Å². The molecule has 1 saturated carbocycles. The van der Waals surface area contributed by atoms with Crippen LogP contribution in [0.2, 0.25) is 5.02 Å². The maximum absolute atomic E-state index is 12.9. The van der Waals surface area contributed by atoms with Gasteiger partial charge in [-0.05, 0) is 35.8 Å². The SMILES string of the molecule is CCSc1nc(=O)n(C[C@@H]2C[C@H]2C(=O)O)c(=O)n1Cc1ccc(Cl)cc1. The highest BCUT2D eigenvalue weighted by atomic mass is 35.5. The second-order valence-corrected chi connectivity index (χ2v) is 7.82. The van der Waals surface area contributed by atoms with Crippen molar-refractivity contribution in [3.8, 4) is 0 Å². The first-order valence-corrected chi connectivity index (χ1v) is 9.58. The fourth-order valence-electron chi connectivity index (χ4n) is 2.80. The van der Waals surface area contributed by atoms with E-state index >= 15 is 0 Å². The second-order valence-electron chi connectivity index (χ2n) is 6.16. The topological polar surface area (TPSA) is 94.2 Å². The summed E-state index contributed by atoms with van der Waals surface area (Å²) in [5, 5.41) is 9.98. The van der Waals surface area contributed by atoms with Crippen molar-refractivity contribution in [2.45, 2.75) is 31.6 Å². The predicted octanol–water partition coefficient (Wildman–Crippen LogP) is 1.94. The summed E-state index contributed by atoms with van der Waals surface area (Å²) in [4.78, 5) is 40.2. The number of carbonyl (C=O) groups is 1. The number of hydrogen-bond donors (Lipinski definition) is 1. The van der Waals surface area contributed by atoms with Gasteiger partial charge in [-0.3, -0.25) is 9.36 Å². The number of rotatable bonds is 7. The van der Waals surface area contributed by atoms with Crippen LogP contribution in [-0.4, -0.2) is 30.9 Å². The quantitative estimate of drug-likeness (QED) is 0.720. The van der Waals surface area contributed by atoms with Crippen molar-refractivity contribution in [1.82, 2.24) is 14.1 Å². The summed E-state index contributed by atoms with van der Waals surface area (Å²) >= 11 is 7.22. The normalized spacial score (nSPS) is 18.7. The monoisotopic (exact) mass is 395 g/mol. The number of hydrogen-bond acceptors (Lipinski definition) is 5. The Balaban J connectivity index is 1.96. The van der Waals surface area contributed by atoms with Crippen molar-refractivity contribution in [2.24, 2.45) is 11.8 Å². The number of carboxylic acid groups (broad SMARTS) is 1. The molecular formula is C17H18ClN3O4S. The molecule has 2 atom stereocenters. The van der Waals surface area contributed by atoms with Gasteiger partial charge in [0.1, 0.15) is 0 Å². The predicted molar refractivity (Wildman–Crippen MR) is 98.9 cm³/mol. The highest BCUT2D eigenvalue weighted by Crippen LogP contribution is 2.39. The van der Waals surface area contributed by atoms with Gasteiger partial charge in [0.2, 0.25) is 0 Å². The van der Waals surface area contributed by atoms with Crippen LogP contribution in [0.15, 0.2) is 39.0 Å². The van der Waals surface area contributed by atoms with Gasteiger partial charge >= 0.3 is 17.3 Å². The van der Waals surface area contributed by atoms with E-state index in [1.165, 1.54) is 16.3 Å². The van der Waals surface area contributed by atoms with Gasteiger partial charge in [-0.2, -0.15) is 4.98 Å². The van der Waals surface area contributed by atoms with Gasteiger partial charge < -0.3 is 5.11 Å². The van der Waals surface area contributed by atoms with E-state index in [4.69, 9.17) is 16.7 Å². The van der Waals surface area contributed by atoms with E-state index in [0.717, 1.165) is 10.1 Å². The van der Waals surface area contributed by atoms with Crippen LogP contribution in [-0.2, 0) is 17.9 Å². The zero-order valence-corrected chi connectivity index (χ0v) is 15.7. The van der Waals surface area contributed by atoms with E-state index < -0.39 is 23.3 Å². The second kappa shape index (κ2) is 7.67. The minimum Gasteiger partial charge on any atom is -0.481 e. The molecule has 0 amide bonds. The third kappa shape index (κ3) is 4.02. The lowest BCUT2D eigenvalue weighted by Gasteiger charge is -2.13. The van der Waals surface area contributed by atoms with Crippen LogP contribution < -0.4 is 11.4 Å². The average molecular weight is 396 g/mol. The highest BCUT2D eigenvalue weighted by molar-refractivity contribution is 7.99. The largest absolute Gasteiger partial charge is 0.481 e. The molecule has 0 spiro atoms. The summed E-state index contributed by atoms with van der Waals surface area (Å²) in [5.41, 5.74) is -0.238. The summed E-state index contributed by atoms with van der Waals surface area (Å²) in [6.45, 7) is 2.26. The number of aliphatic carboxylic acids is 1. The van der Waals surface area contributed by atoms with Crippen molar-refractivity contribution in [3.05, 3.63) is 55.8 Å². The Morgan fingerprint density at radius 2 is 2.00 bits per heavy atom. The number of carboxylic acids is 1. The summed E-state index contributed by atoms with van der Waals surface area (Å²) in [6.07, 6.45) is 0.476. The molecule has 1 aromatic carbocycles. The molecule has 2 aromatic rings. The smallest absolute Gasteiger partial charge is 0.354 e. The zero-order valence-electron chi connectivity index (χ0n) is 14.1. The van der Waals surface area contributed by atoms with Crippen LogP contribution in [0.1, 0.15) is 18.9 Å². The van der Waals surface area contributed by atoms with E-state index in [1.807, 2.05) is 19.1 Å². The van der Waals surface area contributed by atoms with Crippen LogP contribution in [0.4, 0.5) is 0 Å². The maximum atomic E-state index is 12.9. The Labute approximate surface area is 158 Å². The van der Waals surface area contributed by atoms with Crippen LogP contribution in [0, 0.1) is 11.8 Å². The molecule has 1 aromatic heterocycles. The van der Waals surface area contributed by atoms with Gasteiger partial charge in [0.25, 0.3) is 0 Å². The van der Waals surface area contributed by atoms with E-state index in [-0.39, 0.29) is 19.0 Å². The number of halogens is 1. The minimum atomic E-state index is -0.893. The molecule has 1 heterocycles. The Bertz CT molecular complexity index is 939. The van der Waals surface area contributed by atoms with Crippen LogP contribution in [0.5, 0.6) is 0 Å². The molecule has 1 aliphatic rings. The van der Waals surface area contributed by atoms with Gasteiger partial charge in [0, 0.05) is 11.6 Å². The molecule has 0 aliphatic heterocycles. The molecule has 9 heteroatoms. The molecule has 0 unspecified atom stereocenters. The Morgan fingerprint density at radius 1 is 1.31 bits per heavy atom. The lowest BCUT2D eigenvalue weighted by Crippen LogP contribution is -2.43. The van der Waals surface area contributed by atoms with Crippen molar-refractivity contribution >= 4 is 29.3 Å². The van der Waals surface area contributed by atoms with Gasteiger partial charge in [-0.15, -0.1) is 0 Å². The molecule has 1 fully saturated rings. The number of aromatic nitrogens is 3. The van der Waals surface area contributed by atoms with Crippen molar-refractivity contribution in [2.75, 3.05) is 5.75 Å². The fourth-order valence-corrected chi connectivity index (χ4v) is 3.63. The van der Waals surface area contributed by atoms with Crippen LogP contribution in [0.3, 0.4) is 0 Å². The average Bonchev–Trinajstić information content (AvgIpc) is 3.37. The van der Waals surface area contributed by atoms with Crippen molar-refractivity contribution < 1.29 is 9.90 Å². The third-order valence-corrected chi connectivity index (χ3v) is 5.41. The molecule has 0 saturated heterocycles. The molecule has 0 bridgehead atoms. The zero-order chi connectivity index (χ0) is 18.8. The van der Waals surface area contributed by atoms with E-state index in [1.54, 1.807) is 12.1 Å². The molecule has 3 rings (SSSR count). The molecule has 1 N–H and O–H groups in total. The van der Waals surface area contributed by atoms with E-state index in [2.05, 4.69) is 4.98 Å².